The van der Waals surface area contributed by atoms with Crippen LogP contribution in [0.25, 0.3) is 0 Å². The number of aryl methyl sites for hydroxylation is 1. The Bertz CT molecular complexity index is 611. The highest BCUT2D eigenvalue weighted by Gasteiger charge is 2.09. The number of allylic oxidation sites excluding steroid dienone is 1. The molecule has 2 aromatic rings. The fourth-order valence-corrected chi connectivity index (χ4v) is 2.02. The van der Waals surface area contributed by atoms with E-state index >= 15 is 0 Å². The first-order valence-corrected chi connectivity index (χ1v) is 6.69. The predicted octanol–water partition coefficient (Wildman–Crippen LogP) is 4.26. The number of nitrogens with zero attached hydrogens (tertiary/aromatic N) is 1. The van der Waals surface area contributed by atoms with Crippen LogP contribution in [0.4, 0.5) is 5.69 Å². The smallest absolute Gasteiger partial charge is 0.233 e. The van der Waals surface area contributed by atoms with E-state index < -0.39 is 0 Å². The summed E-state index contributed by atoms with van der Waals surface area (Å²) in [5.74, 6) is 1.29. The Balaban J connectivity index is 2.37. The second-order valence-electron chi connectivity index (χ2n) is 4.21. The van der Waals surface area contributed by atoms with Crippen LogP contribution in [0.2, 0.25) is 0 Å². The Morgan fingerprint density at radius 2 is 2.21 bits per heavy atom. The minimum Gasteiger partial charge on any atom is -0.438 e. The zero-order valence-electron chi connectivity index (χ0n) is 10.7. The molecule has 0 unspecified atom stereocenters. The maximum atomic E-state index is 5.87. The van der Waals surface area contributed by atoms with E-state index in [1.807, 2.05) is 37.3 Å². The number of halogens is 1. The third-order valence-corrected chi connectivity index (χ3v) is 3.67. The third kappa shape index (κ3) is 3.15. The number of pyridine rings is 1. The fraction of sp³-hybridized carbons (Fsp3) is 0.133. The van der Waals surface area contributed by atoms with Crippen LogP contribution in [0.1, 0.15) is 11.1 Å². The molecule has 19 heavy (non-hydrogen) atoms. The molecule has 0 fully saturated rings. The maximum absolute atomic E-state index is 5.87. The largest absolute Gasteiger partial charge is 0.438 e. The Kier molecular flexibility index (Phi) is 4.22. The predicted molar refractivity (Wildman–Crippen MR) is 81.5 cm³/mol. The SMILES string of the molecule is C=CCc1cc(N)ccc1Oc1nccc(C)c1Br. The number of rotatable bonds is 4. The number of ether oxygens (including phenoxy) is 1. The molecule has 1 aromatic carbocycles. The minimum absolute atomic E-state index is 0.551. The molecule has 3 nitrogen and oxygen atoms in total. The molecule has 0 aliphatic rings. The molecular formula is C15H15BrN2O. The third-order valence-electron chi connectivity index (χ3n) is 2.71. The van der Waals surface area contributed by atoms with Gasteiger partial charge in [0.1, 0.15) is 5.75 Å². The lowest BCUT2D eigenvalue weighted by Crippen LogP contribution is -1.96. The Labute approximate surface area is 121 Å². The summed E-state index contributed by atoms with van der Waals surface area (Å²) in [4.78, 5) is 4.23. The van der Waals surface area contributed by atoms with Crippen LogP contribution in [0.5, 0.6) is 11.6 Å². The van der Waals surface area contributed by atoms with E-state index in [0.29, 0.717) is 18.0 Å². The molecule has 0 radical (unpaired) electrons. The van der Waals surface area contributed by atoms with E-state index in [2.05, 4.69) is 27.5 Å². The molecule has 4 heteroatoms. The molecule has 0 saturated carbocycles. The van der Waals surface area contributed by atoms with Gasteiger partial charge < -0.3 is 10.5 Å². The van der Waals surface area contributed by atoms with Crippen molar-refractivity contribution in [3.05, 3.63) is 58.7 Å². The second-order valence-corrected chi connectivity index (χ2v) is 5.00. The van der Waals surface area contributed by atoms with Crippen molar-refractivity contribution in [3.8, 4) is 11.6 Å². The first kappa shape index (κ1) is 13.6. The van der Waals surface area contributed by atoms with Crippen molar-refractivity contribution in [1.29, 1.82) is 0 Å². The number of aromatic nitrogens is 1. The molecule has 0 spiro atoms. The summed E-state index contributed by atoms with van der Waals surface area (Å²) in [6.07, 6.45) is 4.24. The van der Waals surface area contributed by atoms with Gasteiger partial charge in [0.2, 0.25) is 5.88 Å². The van der Waals surface area contributed by atoms with Gasteiger partial charge in [0, 0.05) is 17.4 Å². The van der Waals surface area contributed by atoms with Crippen LogP contribution in [0.3, 0.4) is 0 Å². The fourth-order valence-electron chi connectivity index (χ4n) is 1.70. The van der Waals surface area contributed by atoms with Crippen LogP contribution in [0, 0.1) is 6.92 Å². The van der Waals surface area contributed by atoms with Gasteiger partial charge in [-0.15, -0.1) is 6.58 Å². The van der Waals surface area contributed by atoms with Gasteiger partial charge in [0.25, 0.3) is 0 Å². The molecule has 1 heterocycles. The van der Waals surface area contributed by atoms with Gasteiger partial charge in [-0.1, -0.05) is 6.08 Å². The van der Waals surface area contributed by atoms with E-state index in [0.717, 1.165) is 21.3 Å². The summed E-state index contributed by atoms with van der Waals surface area (Å²) in [7, 11) is 0. The van der Waals surface area contributed by atoms with Crippen LogP contribution >= 0.6 is 15.9 Å². The molecule has 0 saturated heterocycles. The van der Waals surface area contributed by atoms with Gasteiger partial charge >= 0.3 is 0 Å². The van der Waals surface area contributed by atoms with Gasteiger partial charge in [0.15, 0.2) is 0 Å². The molecule has 2 rings (SSSR count). The van der Waals surface area contributed by atoms with E-state index in [1.54, 1.807) is 6.20 Å². The monoisotopic (exact) mass is 318 g/mol. The number of nitrogen functional groups attached to an aromatic ring is 1. The zero-order valence-corrected chi connectivity index (χ0v) is 12.3. The van der Waals surface area contributed by atoms with E-state index in [1.165, 1.54) is 0 Å². The van der Waals surface area contributed by atoms with Crippen LogP contribution < -0.4 is 10.5 Å². The molecule has 1 aromatic heterocycles. The lowest BCUT2D eigenvalue weighted by atomic mass is 10.1. The van der Waals surface area contributed by atoms with Gasteiger partial charge in [-0.05, 0) is 59.1 Å². The molecule has 0 aliphatic heterocycles. The van der Waals surface area contributed by atoms with Crippen LogP contribution in [-0.4, -0.2) is 4.98 Å². The summed E-state index contributed by atoms with van der Waals surface area (Å²) in [6, 6.07) is 7.47. The summed E-state index contributed by atoms with van der Waals surface area (Å²) in [5, 5.41) is 0. The molecule has 2 N–H and O–H groups in total. The topological polar surface area (TPSA) is 48.1 Å². The number of nitrogens with two attached hydrogens (primary N) is 1. The second kappa shape index (κ2) is 5.89. The highest BCUT2D eigenvalue weighted by Crippen LogP contribution is 2.32. The lowest BCUT2D eigenvalue weighted by molar-refractivity contribution is 0.454. The summed E-state index contributed by atoms with van der Waals surface area (Å²) < 4.78 is 6.73. The first-order chi connectivity index (χ1) is 9.11. The van der Waals surface area contributed by atoms with Crippen molar-refractivity contribution in [3.63, 3.8) is 0 Å². The molecule has 0 atom stereocenters. The Hall–Kier alpha value is -1.81. The van der Waals surface area contributed by atoms with Gasteiger partial charge in [-0.3, -0.25) is 0 Å². The van der Waals surface area contributed by atoms with Crippen molar-refractivity contribution in [2.45, 2.75) is 13.3 Å². The van der Waals surface area contributed by atoms with Crippen LogP contribution in [0.15, 0.2) is 47.6 Å². The van der Waals surface area contributed by atoms with Gasteiger partial charge in [0.05, 0.1) is 4.47 Å². The average Bonchev–Trinajstić information content (AvgIpc) is 2.38. The molecular weight excluding hydrogens is 304 g/mol. The normalized spacial score (nSPS) is 10.2. The number of anilines is 1. The molecule has 98 valence electrons. The van der Waals surface area contributed by atoms with E-state index in [4.69, 9.17) is 10.5 Å². The molecule has 0 amide bonds. The lowest BCUT2D eigenvalue weighted by Gasteiger charge is -2.12. The van der Waals surface area contributed by atoms with Gasteiger partial charge in [-0.25, -0.2) is 4.98 Å². The van der Waals surface area contributed by atoms with Crippen molar-refractivity contribution < 1.29 is 4.74 Å². The average molecular weight is 319 g/mol. The minimum atomic E-state index is 0.551. The summed E-state index contributed by atoms with van der Waals surface area (Å²) in [5.41, 5.74) is 8.56. The number of benzene rings is 1. The maximum Gasteiger partial charge on any atom is 0.233 e. The molecule has 0 bridgehead atoms. The number of hydrogen-bond acceptors (Lipinski definition) is 3. The van der Waals surface area contributed by atoms with Crippen LogP contribution in [-0.2, 0) is 6.42 Å². The number of hydrogen-bond donors (Lipinski definition) is 1. The highest BCUT2D eigenvalue weighted by molar-refractivity contribution is 9.10. The Morgan fingerprint density at radius 3 is 2.95 bits per heavy atom. The van der Waals surface area contributed by atoms with Crippen molar-refractivity contribution in [2.24, 2.45) is 0 Å². The van der Waals surface area contributed by atoms with Crippen molar-refractivity contribution >= 4 is 21.6 Å². The van der Waals surface area contributed by atoms with Crippen molar-refractivity contribution in [2.75, 3.05) is 5.73 Å². The van der Waals surface area contributed by atoms with Gasteiger partial charge in [-0.2, -0.15) is 0 Å². The van der Waals surface area contributed by atoms with E-state index in [9.17, 15) is 0 Å². The quantitative estimate of drug-likeness (QED) is 0.677. The highest BCUT2D eigenvalue weighted by atomic mass is 79.9. The van der Waals surface area contributed by atoms with Crippen molar-refractivity contribution in [1.82, 2.24) is 4.98 Å². The molecule has 0 aliphatic carbocycles. The Morgan fingerprint density at radius 1 is 1.42 bits per heavy atom. The first-order valence-electron chi connectivity index (χ1n) is 5.90. The summed E-state index contributed by atoms with van der Waals surface area (Å²) >= 11 is 3.48. The standard InChI is InChI=1S/C15H15BrN2O/c1-3-4-11-9-12(17)5-6-13(11)19-15-14(16)10(2)7-8-18-15/h3,5-9H,1,4,17H2,2H3. The summed E-state index contributed by atoms with van der Waals surface area (Å²) in [6.45, 7) is 5.74. The zero-order chi connectivity index (χ0) is 13.8. The van der Waals surface area contributed by atoms with E-state index in [-0.39, 0.29) is 0 Å².